The highest BCUT2D eigenvalue weighted by atomic mass is 32.2. The average molecular weight is 291 g/mol. The molecular formula is C14H20F3NS. The number of nitrogens with one attached hydrogen (secondary N) is 1. The number of aryl methyl sites for hydroxylation is 2. The van der Waals surface area contributed by atoms with Gasteiger partial charge in [0.1, 0.15) is 0 Å². The zero-order valence-electron chi connectivity index (χ0n) is 11.3. The van der Waals surface area contributed by atoms with Gasteiger partial charge in [-0.25, -0.2) is 0 Å². The smallest absolute Gasteiger partial charge is 0.313 e. The van der Waals surface area contributed by atoms with Gasteiger partial charge in [-0.1, -0.05) is 29.8 Å². The van der Waals surface area contributed by atoms with E-state index in [1.54, 1.807) is 0 Å². The third-order valence-corrected chi connectivity index (χ3v) is 3.54. The van der Waals surface area contributed by atoms with Crippen molar-refractivity contribution in [1.82, 2.24) is 5.32 Å². The third-order valence-electron chi connectivity index (χ3n) is 2.81. The molecule has 1 unspecified atom stereocenters. The van der Waals surface area contributed by atoms with Gasteiger partial charge in [0.05, 0.1) is 0 Å². The summed E-state index contributed by atoms with van der Waals surface area (Å²) in [4.78, 5) is 0. The molecule has 0 bridgehead atoms. The molecule has 1 aromatic rings. The van der Waals surface area contributed by atoms with Gasteiger partial charge in [0.2, 0.25) is 0 Å². The molecule has 1 aromatic carbocycles. The van der Waals surface area contributed by atoms with Gasteiger partial charge in [-0.2, -0.15) is 13.2 Å². The number of benzene rings is 1. The summed E-state index contributed by atoms with van der Waals surface area (Å²) in [6, 6.07) is 8.54. The highest BCUT2D eigenvalue weighted by Crippen LogP contribution is 2.29. The van der Waals surface area contributed by atoms with Gasteiger partial charge >= 0.3 is 5.51 Å². The molecule has 108 valence electrons. The third kappa shape index (κ3) is 8.16. The Balaban J connectivity index is 2.16. The molecule has 0 amide bonds. The first-order valence-electron chi connectivity index (χ1n) is 6.36. The van der Waals surface area contributed by atoms with Crippen LogP contribution in [0.25, 0.3) is 0 Å². The lowest BCUT2D eigenvalue weighted by molar-refractivity contribution is -0.0327. The first-order chi connectivity index (χ1) is 8.87. The number of hydrogen-bond acceptors (Lipinski definition) is 2. The summed E-state index contributed by atoms with van der Waals surface area (Å²) in [5.41, 5.74) is -1.61. The lowest BCUT2D eigenvalue weighted by Crippen LogP contribution is -2.29. The Kier molecular flexibility index (Phi) is 6.72. The maximum Gasteiger partial charge on any atom is 0.441 e. The lowest BCUT2D eigenvalue weighted by atomic mass is 10.0. The number of thioether (sulfide) groups is 1. The second-order valence-electron chi connectivity index (χ2n) is 4.68. The van der Waals surface area contributed by atoms with Crippen molar-refractivity contribution in [2.45, 2.75) is 38.2 Å². The van der Waals surface area contributed by atoms with E-state index in [9.17, 15) is 13.2 Å². The summed E-state index contributed by atoms with van der Waals surface area (Å²) < 4.78 is 35.8. The Labute approximate surface area is 117 Å². The second-order valence-corrected chi connectivity index (χ2v) is 5.84. The fourth-order valence-electron chi connectivity index (χ4n) is 1.82. The minimum atomic E-state index is -4.12. The van der Waals surface area contributed by atoms with Gasteiger partial charge in [-0.05, 0) is 44.0 Å². The molecule has 1 nitrogen and oxygen atoms in total. The number of hydrogen-bond donors (Lipinski definition) is 1. The molecule has 0 heterocycles. The van der Waals surface area contributed by atoms with Crippen molar-refractivity contribution in [2.24, 2.45) is 0 Å². The largest absolute Gasteiger partial charge is 0.441 e. The summed E-state index contributed by atoms with van der Waals surface area (Å²) in [5.74, 6) is 0.0677. The highest BCUT2D eigenvalue weighted by Gasteiger charge is 2.27. The maximum absolute atomic E-state index is 11.9. The van der Waals surface area contributed by atoms with E-state index < -0.39 is 5.51 Å². The Bertz CT molecular complexity index is 379. The van der Waals surface area contributed by atoms with E-state index >= 15 is 0 Å². The van der Waals surface area contributed by atoms with Crippen LogP contribution in [-0.2, 0) is 6.42 Å². The van der Waals surface area contributed by atoms with Crippen molar-refractivity contribution in [3.8, 4) is 0 Å². The van der Waals surface area contributed by atoms with Crippen LogP contribution in [0.2, 0.25) is 0 Å². The van der Waals surface area contributed by atoms with Crippen LogP contribution in [0.15, 0.2) is 24.3 Å². The van der Waals surface area contributed by atoms with Gasteiger partial charge in [0.15, 0.2) is 0 Å². The van der Waals surface area contributed by atoms with Crippen molar-refractivity contribution in [2.75, 3.05) is 12.3 Å². The Morgan fingerprint density at radius 2 is 2.05 bits per heavy atom. The van der Waals surface area contributed by atoms with Crippen LogP contribution < -0.4 is 5.32 Å². The van der Waals surface area contributed by atoms with Crippen molar-refractivity contribution < 1.29 is 13.2 Å². The predicted molar refractivity (Wildman–Crippen MR) is 75.5 cm³/mol. The van der Waals surface area contributed by atoms with Crippen LogP contribution in [0.5, 0.6) is 0 Å². The van der Waals surface area contributed by atoms with Gasteiger partial charge in [-0.15, -0.1) is 0 Å². The number of halogens is 3. The molecular weight excluding hydrogens is 271 g/mol. The van der Waals surface area contributed by atoms with Gasteiger partial charge in [0.25, 0.3) is 0 Å². The summed E-state index contributed by atoms with van der Waals surface area (Å²) >= 11 is 0.0295. The maximum atomic E-state index is 11.9. The van der Waals surface area contributed by atoms with E-state index in [1.165, 1.54) is 11.1 Å². The van der Waals surface area contributed by atoms with E-state index in [2.05, 4.69) is 30.4 Å². The first-order valence-corrected chi connectivity index (χ1v) is 7.35. The lowest BCUT2D eigenvalue weighted by Gasteiger charge is -2.14. The van der Waals surface area contributed by atoms with E-state index in [-0.39, 0.29) is 23.6 Å². The van der Waals surface area contributed by atoms with Crippen LogP contribution in [0.3, 0.4) is 0 Å². The number of rotatable bonds is 7. The molecule has 5 heteroatoms. The molecule has 0 aromatic heterocycles. The van der Waals surface area contributed by atoms with Gasteiger partial charge < -0.3 is 5.32 Å². The Morgan fingerprint density at radius 1 is 1.32 bits per heavy atom. The van der Waals surface area contributed by atoms with Crippen molar-refractivity contribution in [3.63, 3.8) is 0 Å². The number of alkyl halides is 3. The molecule has 1 rings (SSSR count). The average Bonchev–Trinajstić information content (AvgIpc) is 2.31. The van der Waals surface area contributed by atoms with Crippen LogP contribution in [0, 0.1) is 6.92 Å². The second kappa shape index (κ2) is 7.80. The minimum absolute atomic E-state index is 0.0295. The zero-order chi connectivity index (χ0) is 14.3. The quantitative estimate of drug-likeness (QED) is 0.757. The van der Waals surface area contributed by atoms with Crippen LogP contribution in [-0.4, -0.2) is 23.8 Å². The van der Waals surface area contributed by atoms with Crippen molar-refractivity contribution in [1.29, 1.82) is 0 Å². The normalized spacial score (nSPS) is 13.5. The molecule has 19 heavy (non-hydrogen) atoms. The van der Waals surface area contributed by atoms with Crippen LogP contribution >= 0.6 is 11.8 Å². The van der Waals surface area contributed by atoms with E-state index in [0.29, 0.717) is 6.54 Å². The van der Waals surface area contributed by atoms with E-state index in [4.69, 9.17) is 0 Å². The molecule has 0 spiro atoms. The van der Waals surface area contributed by atoms with Gasteiger partial charge in [0, 0.05) is 18.3 Å². The summed E-state index contributed by atoms with van der Waals surface area (Å²) in [6.07, 6.45) is 1.88. The van der Waals surface area contributed by atoms with Crippen LogP contribution in [0.1, 0.15) is 24.5 Å². The Morgan fingerprint density at radius 3 is 2.68 bits per heavy atom. The monoisotopic (exact) mass is 291 g/mol. The molecule has 0 saturated heterocycles. The van der Waals surface area contributed by atoms with E-state index in [0.717, 1.165) is 12.8 Å². The van der Waals surface area contributed by atoms with E-state index in [1.807, 2.05) is 13.0 Å². The Hall–Kier alpha value is -0.680. The summed E-state index contributed by atoms with van der Waals surface area (Å²) in [7, 11) is 0. The fourth-order valence-corrected chi connectivity index (χ4v) is 2.28. The molecule has 0 aliphatic heterocycles. The molecule has 0 fully saturated rings. The fraction of sp³-hybridized carbons (Fsp3) is 0.571. The standard InChI is InChI=1S/C14H20F3NS/c1-11-4-3-5-13(10-11)7-6-12(2)18-8-9-19-14(15,16)17/h3-5,10,12,18H,6-9H2,1-2H3. The minimum Gasteiger partial charge on any atom is -0.313 e. The molecule has 1 atom stereocenters. The summed E-state index contributed by atoms with van der Waals surface area (Å²) in [6.45, 7) is 4.45. The topological polar surface area (TPSA) is 12.0 Å². The zero-order valence-corrected chi connectivity index (χ0v) is 12.1. The molecule has 0 radical (unpaired) electrons. The SMILES string of the molecule is Cc1cccc(CCC(C)NCCSC(F)(F)F)c1. The molecule has 0 aliphatic carbocycles. The first kappa shape index (κ1) is 16.4. The molecule has 0 saturated carbocycles. The van der Waals surface area contributed by atoms with Gasteiger partial charge in [-0.3, -0.25) is 0 Å². The van der Waals surface area contributed by atoms with Crippen molar-refractivity contribution >= 4 is 11.8 Å². The summed E-state index contributed by atoms with van der Waals surface area (Å²) in [5, 5.41) is 3.12. The van der Waals surface area contributed by atoms with Crippen LogP contribution in [0.4, 0.5) is 13.2 Å². The predicted octanol–water partition coefficient (Wildman–Crippen LogP) is 4.16. The highest BCUT2D eigenvalue weighted by molar-refractivity contribution is 8.00. The molecule has 0 aliphatic rings. The molecule has 1 N–H and O–H groups in total. The van der Waals surface area contributed by atoms with Crippen molar-refractivity contribution in [3.05, 3.63) is 35.4 Å².